The van der Waals surface area contributed by atoms with Crippen LogP contribution in [0.2, 0.25) is 10.0 Å². The normalized spacial score (nSPS) is 25.9. The van der Waals surface area contributed by atoms with E-state index in [0.29, 0.717) is 34.9 Å². The minimum Gasteiger partial charge on any atom is -0.347 e. The van der Waals surface area contributed by atoms with Crippen molar-refractivity contribution in [3.63, 3.8) is 0 Å². The summed E-state index contributed by atoms with van der Waals surface area (Å²) in [5, 5.41) is 23.5. The molecular weight excluding hydrogens is 520 g/mol. The molecule has 3 aliphatic rings. The second-order valence-corrected chi connectivity index (χ2v) is 10.7. The highest BCUT2D eigenvalue weighted by Crippen LogP contribution is 2.62. The van der Waals surface area contributed by atoms with Gasteiger partial charge >= 0.3 is 0 Å². The van der Waals surface area contributed by atoms with Crippen LogP contribution in [-0.2, 0) is 21.5 Å². The molecule has 3 atom stereocenters. The quantitative estimate of drug-likeness (QED) is 0.398. The zero-order valence-electron chi connectivity index (χ0n) is 19.7. The highest BCUT2D eigenvalue weighted by Gasteiger charge is 2.72. The van der Waals surface area contributed by atoms with Gasteiger partial charge in [-0.1, -0.05) is 65.9 Å². The fourth-order valence-corrected chi connectivity index (χ4v) is 7.11. The van der Waals surface area contributed by atoms with Crippen LogP contribution in [0.5, 0.6) is 0 Å². The molecule has 1 aliphatic carbocycles. The molecule has 9 nitrogen and oxygen atoms in total. The Bertz CT molecular complexity index is 1380. The van der Waals surface area contributed by atoms with Crippen molar-refractivity contribution in [2.24, 2.45) is 0 Å². The zero-order valence-corrected chi connectivity index (χ0v) is 21.2. The Morgan fingerprint density at radius 1 is 1.16 bits per heavy atom. The van der Waals surface area contributed by atoms with Crippen molar-refractivity contribution in [2.75, 3.05) is 5.32 Å². The van der Waals surface area contributed by atoms with Gasteiger partial charge < -0.3 is 10.6 Å². The average molecular weight is 544 g/mol. The summed E-state index contributed by atoms with van der Waals surface area (Å²) in [6.07, 6.45) is 4.05. The highest BCUT2D eigenvalue weighted by atomic mass is 35.5. The van der Waals surface area contributed by atoms with Gasteiger partial charge in [0.05, 0.1) is 17.6 Å². The lowest BCUT2D eigenvalue weighted by Gasteiger charge is -2.47. The van der Waals surface area contributed by atoms with Crippen LogP contribution >= 0.6 is 23.2 Å². The molecule has 192 valence electrons. The fraction of sp³-hybridized carbons (Fsp3) is 0.400. The number of H-pyrrole nitrogens is 1. The van der Waals surface area contributed by atoms with Crippen LogP contribution < -0.4 is 16.0 Å². The maximum absolute atomic E-state index is 15.8. The first-order chi connectivity index (χ1) is 17.9. The van der Waals surface area contributed by atoms with Crippen molar-refractivity contribution in [3.05, 3.63) is 69.2 Å². The third kappa shape index (κ3) is 3.57. The smallest absolute Gasteiger partial charge is 0.238 e. The molecule has 2 amide bonds. The second kappa shape index (κ2) is 9.04. The minimum absolute atomic E-state index is 0.0245. The van der Waals surface area contributed by atoms with Gasteiger partial charge in [-0.15, -0.1) is 10.2 Å². The Kier molecular flexibility index (Phi) is 5.93. The van der Waals surface area contributed by atoms with Crippen molar-refractivity contribution >= 4 is 40.7 Å². The van der Waals surface area contributed by atoms with Gasteiger partial charge in [-0.05, 0) is 42.2 Å². The van der Waals surface area contributed by atoms with Gasteiger partial charge in [0.2, 0.25) is 11.8 Å². The average Bonchev–Trinajstić information content (AvgIpc) is 3.58. The Morgan fingerprint density at radius 3 is 2.73 bits per heavy atom. The molecule has 1 saturated heterocycles. The van der Waals surface area contributed by atoms with E-state index in [1.54, 1.807) is 24.3 Å². The summed E-state index contributed by atoms with van der Waals surface area (Å²) in [5.41, 5.74) is -0.576. The van der Waals surface area contributed by atoms with E-state index in [-0.39, 0.29) is 23.0 Å². The number of hydrogen-bond acceptors (Lipinski definition) is 6. The van der Waals surface area contributed by atoms with Crippen LogP contribution in [0.3, 0.4) is 0 Å². The number of fused-ring (bicyclic) bond motifs is 3. The third-order valence-electron chi connectivity index (χ3n) is 8.12. The van der Waals surface area contributed by atoms with Crippen LogP contribution in [0.4, 0.5) is 10.1 Å². The monoisotopic (exact) mass is 543 g/mol. The number of anilines is 1. The number of rotatable bonds is 4. The topological polar surface area (TPSA) is 125 Å². The van der Waals surface area contributed by atoms with E-state index in [9.17, 15) is 9.59 Å². The van der Waals surface area contributed by atoms with Crippen LogP contribution in [0.1, 0.15) is 55.0 Å². The van der Waals surface area contributed by atoms with Gasteiger partial charge in [0.1, 0.15) is 11.2 Å². The highest BCUT2D eigenvalue weighted by molar-refractivity contribution is 6.31. The molecule has 6 rings (SSSR count). The summed E-state index contributed by atoms with van der Waals surface area (Å²) >= 11 is 12.5. The number of aromatic amines is 1. The molecule has 1 unspecified atom stereocenters. The van der Waals surface area contributed by atoms with E-state index < -0.39 is 34.6 Å². The number of amides is 2. The van der Waals surface area contributed by atoms with Gasteiger partial charge in [-0.3, -0.25) is 14.9 Å². The lowest BCUT2D eigenvalue weighted by Crippen LogP contribution is -2.60. The number of aromatic nitrogens is 4. The van der Waals surface area contributed by atoms with Crippen molar-refractivity contribution in [2.45, 2.75) is 61.6 Å². The van der Waals surface area contributed by atoms with Gasteiger partial charge in [0, 0.05) is 22.2 Å². The molecule has 3 aromatic rings. The van der Waals surface area contributed by atoms with E-state index in [0.717, 1.165) is 19.3 Å². The molecule has 1 saturated carbocycles. The number of tetrazole rings is 1. The molecule has 2 spiro atoms. The molecule has 3 heterocycles. The molecule has 0 bridgehead atoms. The Balaban J connectivity index is 1.56. The van der Waals surface area contributed by atoms with Crippen molar-refractivity contribution in [3.8, 4) is 0 Å². The van der Waals surface area contributed by atoms with Crippen molar-refractivity contribution in [1.29, 1.82) is 0 Å². The minimum atomic E-state index is -1.27. The van der Waals surface area contributed by atoms with E-state index in [4.69, 9.17) is 23.2 Å². The first kappa shape index (κ1) is 24.3. The lowest BCUT2D eigenvalue weighted by atomic mass is 9.55. The maximum Gasteiger partial charge on any atom is 0.238 e. The molecule has 2 fully saturated rings. The van der Waals surface area contributed by atoms with Gasteiger partial charge in [0.15, 0.2) is 5.82 Å². The summed E-state index contributed by atoms with van der Waals surface area (Å²) in [6.45, 7) is 0.0245. The molecule has 0 radical (unpaired) electrons. The number of hydrogen-bond donors (Lipinski definition) is 4. The molecule has 37 heavy (non-hydrogen) atoms. The van der Waals surface area contributed by atoms with E-state index in [1.807, 2.05) is 6.07 Å². The summed E-state index contributed by atoms with van der Waals surface area (Å²) in [7, 11) is 0. The SMILES string of the molecule is O=C(NCc1nn[nH]n1)[C@@H]1NC2(CCCCC2)C2(C(=O)Nc3cc(Cl)ccc32)[C@H]1c1cccc(Cl)c1F. The number of carbonyl (C=O) groups is 2. The lowest BCUT2D eigenvalue weighted by molar-refractivity contribution is -0.124. The number of carbonyl (C=O) groups excluding carboxylic acids is 2. The fourth-order valence-electron chi connectivity index (χ4n) is 6.75. The van der Waals surface area contributed by atoms with Crippen LogP contribution in [-0.4, -0.2) is 44.0 Å². The molecule has 1 aromatic heterocycles. The zero-order chi connectivity index (χ0) is 25.8. The van der Waals surface area contributed by atoms with Crippen molar-refractivity contribution < 1.29 is 14.0 Å². The molecule has 4 N–H and O–H groups in total. The Morgan fingerprint density at radius 2 is 1.97 bits per heavy atom. The Labute approximate surface area is 221 Å². The first-order valence-electron chi connectivity index (χ1n) is 12.2. The van der Waals surface area contributed by atoms with Crippen molar-refractivity contribution in [1.82, 2.24) is 31.3 Å². The summed E-state index contributed by atoms with van der Waals surface area (Å²) in [4.78, 5) is 28.0. The maximum atomic E-state index is 15.8. The van der Waals surface area contributed by atoms with Gasteiger partial charge in [0.25, 0.3) is 0 Å². The third-order valence-corrected chi connectivity index (χ3v) is 8.64. The standard InChI is InChI=1S/C25H24Cl2FN7O2/c26-13-7-8-15-17(11-13)30-23(37)25(15)19(14-5-4-6-16(27)20(14)28)21(31-24(25)9-2-1-3-10-24)22(36)29-12-18-32-34-35-33-18/h4-8,11,19,21,31H,1-3,9-10,12H2,(H,29,36)(H,30,37)(H,32,33,34,35)/t19-,21+,25?/m0/s1. The largest absolute Gasteiger partial charge is 0.347 e. The second-order valence-electron chi connectivity index (χ2n) is 9.88. The molecule has 2 aliphatic heterocycles. The van der Waals surface area contributed by atoms with E-state index in [1.165, 1.54) is 6.07 Å². The van der Waals surface area contributed by atoms with E-state index >= 15 is 4.39 Å². The van der Waals surface area contributed by atoms with E-state index in [2.05, 4.69) is 36.6 Å². The molecular formula is C25H24Cl2FN7O2. The number of halogens is 3. The first-order valence-corrected chi connectivity index (χ1v) is 13.0. The molecule has 2 aromatic carbocycles. The van der Waals surface area contributed by atoms with Crippen LogP contribution in [0.15, 0.2) is 36.4 Å². The number of nitrogens with one attached hydrogen (secondary N) is 4. The number of benzene rings is 2. The van der Waals surface area contributed by atoms with Crippen LogP contribution in [0, 0.1) is 5.82 Å². The predicted octanol–water partition coefficient (Wildman–Crippen LogP) is 3.61. The summed E-state index contributed by atoms with van der Waals surface area (Å²) < 4.78 is 15.8. The van der Waals surface area contributed by atoms with Gasteiger partial charge in [-0.2, -0.15) is 5.21 Å². The number of nitrogens with zero attached hydrogens (tertiary/aromatic N) is 3. The Hall–Kier alpha value is -3.08. The summed E-state index contributed by atoms with van der Waals surface area (Å²) in [6, 6.07) is 9.03. The van der Waals surface area contributed by atoms with Crippen LogP contribution in [0.25, 0.3) is 0 Å². The van der Waals surface area contributed by atoms with Gasteiger partial charge in [-0.25, -0.2) is 4.39 Å². The predicted molar refractivity (Wildman–Crippen MR) is 135 cm³/mol. The summed E-state index contributed by atoms with van der Waals surface area (Å²) in [5.74, 6) is -1.91. The molecule has 12 heteroatoms.